The number of nitrogens with one attached hydrogen (secondary N) is 1. The first-order valence-electron chi connectivity index (χ1n) is 6.98. The zero-order valence-electron chi connectivity index (χ0n) is 11.7. The van der Waals surface area contributed by atoms with Gasteiger partial charge in [0.2, 0.25) is 0 Å². The Kier molecular flexibility index (Phi) is 4.70. The highest BCUT2D eigenvalue weighted by atomic mass is 19.4. The summed E-state index contributed by atoms with van der Waals surface area (Å²) in [6.07, 6.45) is -2.76. The predicted molar refractivity (Wildman–Crippen MR) is 71.4 cm³/mol. The third-order valence-electron chi connectivity index (χ3n) is 3.66. The molecule has 0 radical (unpaired) electrons. The van der Waals surface area contributed by atoms with Gasteiger partial charge in [0.25, 0.3) is 0 Å². The summed E-state index contributed by atoms with van der Waals surface area (Å²) < 4.78 is 45.2. The minimum Gasteiger partial charge on any atom is -0.373 e. The molecule has 1 saturated heterocycles. The van der Waals surface area contributed by atoms with E-state index in [1.54, 1.807) is 12.1 Å². The van der Waals surface area contributed by atoms with Crippen molar-refractivity contribution in [1.82, 2.24) is 5.32 Å². The van der Waals surface area contributed by atoms with Gasteiger partial charge in [0, 0.05) is 0 Å². The van der Waals surface area contributed by atoms with Crippen LogP contribution in [-0.4, -0.2) is 18.8 Å². The molecule has 0 bridgehead atoms. The van der Waals surface area contributed by atoms with E-state index in [0.717, 1.165) is 18.9 Å². The third-order valence-corrected chi connectivity index (χ3v) is 3.66. The number of ether oxygens (including phenoxy) is 1. The molecule has 3 atom stereocenters. The maximum absolute atomic E-state index is 13.1. The lowest BCUT2D eigenvalue weighted by atomic mass is 9.94. The summed E-state index contributed by atoms with van der Waals surface area (Å²) in [5.41, 5.74) is -0.296. The van der Waals surface area contributed by atoms with Gasteiger partial charge in [-0.2, -0.15) is 13.2 Å². The van der Waals surface area contributed by atoms with Gasteiger partial charge in [-0.25, -0.2) is 0 Å². The fourth-order valence-electron chi connectivity index (χ4n) is 2.77. The Morgan fingerprint density at radius 3 is 2.55 bits per heavy atom. The van der Waals surface area contributed by atoms with Crippen molar-refractivity contribution in [2.24, 2.45) is 0 Å². The van der Waals surface area contributed by atoms with Crippen molar-refractivity contribution in [3.05, 3.63) is 35.4 Å². The zero-order chi connectivity index (χ0) is 14.8. The molecule has 0 amide bonds. The molecular weight excluding hydrogens is 267 g/mol. The molecule has 3 unspecified atom stereocenters. The third kappa shape index (κ3) is 3.33. The van der Waals surface area contributed by atoms with Crippen LogP contribution >= 0.6 is 0 Å². The van der Waals surface area contributed by atoms with Crippen molar-refractivity contribution in [1.29, 1.82) is 0 Å². The lowest BCUT2D eigenvalue weighted by molar-refractivity contribution is -0.138. The molecule has 0 saturated carbocycles. The van der Waals surface area contributed by atoms with Gasteiger partial charge in [-0.3, -0.25) is 0 Å². The molecule has 5 heteroatoms. The molecule has 0 aromatic heterocycles. The highest BCUT2D eigenvalue weighted by Gasteiger charge is 2.38. The molecule has 0 aliphatic carbocycles. The molecule has 2 rings (SSSR count). The molecule has 1 aromatic carbocycles. The first-order chi connectivity index (χ1) is 9.43. The van der Waals surface area contributed by atoms with E-state index in [-0.39, 0.29) is 17.8 Å². The van der Waals surface area contributed by atoms with Crippen LogP contribution in [0.1, 0.15) is 43.9 Å². The van der Waals surface area contributed by atoms with E-state index in [1.807, 2.05) is 13.8 Å². The van der Waals surface area contributed by atoms with Crippen molar-refractivity contribution in [2.45, 2.75) is 51.1 Å². The van der Waals surface area contributed by atoms with Crippen LogP contribution in [0.15, 0.2) is 24.3 Å². The second-order valence-electron chi connectivity index (χ2n) is 5.18. The maximum atomic E-state index is 13.1. The number of likely N-dealkylation sites (N-methyl/N-ethyl adjacent to an activating group) is 1. The quantitative estimate of drug-likeness (QED) is 0.906. The van der Waals surface area contributed by atoms with Gasteiger partial charge in [-0.05, 0) is 37.9 Å². The van der Waals surface area contributed by atoms with Crippen molar-refractivity contribution >= 4 is 0 Å². The number of benzene rings is 1. The van der Waals surface area contributed by atoms with Gasteiger partial charge >= 0.3 is 6.18 Å². The number of hydrogen-bond acceptors (Lipinski definition) is 2. The average Bonchev–Trinajstić information content (AvgIpc) is 2.81. The Morgan fingerprint density at radius 2 is 2.00 bits per heavy atom. The minimum atomic E-state index is -4.34. The van der Waals surface area contributed by atoms with Crippen LogP contribution in [0.2, 0.25) is 0 Å². The van der Waals surface area contributed by atoms with E-state index < -0.39 is 17.8 Å². The van der Waals surface area contributed by atoms with Gasteiger partial charge in [0.05, 0.1) is 23.8 Å². The van der Waals surface area contributed by atoms with Crippen LogP contribution in [0, 0.1) is 0 Å². The van der Waals surface area contributed by atoms with Crippen LogP contribution in [-0.2, 0) is 10.9 Å². The molecule has 1 aliphatic heterocycles. The van der Waals surface area contributed by atoms with E-state index >= 15 is 0 Å². The van der Waals surface area contributed by atoms with Gasteiger partial charge in [-0.1, -0.05) is 25.1 Å². The lowest BCUT2D eigenvalue weighted by Crippen LogP contribution is -2.33. The summed E-state index contributed by atoms with van der Waals surface area (Å²) in [6, 6.07) is 5.34. The summed E-state index contributed by atoms with van der Waals surface area (Å²) >= 11 is 0. The molecular formula is C15H20F3NO. The summed E-state index contributed by atoms with van der Waals surface area (Å²) in [5.74, 6) is 0. The summed E-state index contributed by atoms with van der Waals surface area (Å²) in [7, 11) is 0. The second-order valence-corrected chi connectivity index (χ2v) is 5.18. The van der Waals surface area contributed by atoms with Crippen molar-refractivity contribution in [3.63, 3.8) is 0 Å². The van der Waals surface area contributed by atoms with E-state index in [9.17, 15) is 13.2 Å². The fourth-order valence-corrected chi connectivity index (χ4v) is 2.77. The summed E-state index contributed by atoms with van der Waals surface area (Å²) in [6.45, 7) is 4.45. The first kappa shape index (κ1) is 15.3. The van der Waals surface area contributed by atoms with Gasteiger partial charge in [0.1, 0.15) is 0 Å². The highest BCUT2D eigenvalue weighted by Crippen LogP contribution is 2.38. The maximum Gasteiger partial charge on any atom is 0.416 e. The molecule has 2 nitrogen and oxygen atoms in total. The smallest absolute Gasteiger partial charge is 0.373 e. The topological polar surface area (TPSA) is 21.3 Å². The number of rotatable bonds is 4. The summed E-state index contributed by atoms with van der Waals surface area (Å²) in [5, 5.41) is 3.15. The molecule has 20 heavy (non-hydrogen) atoms. The monoisotopic (exact) mass is 287 g/mol. The minimum absolute atomic E-state index is 0.110. The fraction of sp³-hybridized carbons (Fsp3) is 0.600. The van der Waals surface area contributed by atoms with Crippen molar-refractivity contribution < 1.29 is 17.9 Å². The Hall–Kier alpha value is -1.07. The Morgan fingerprint density at radius 1 is 1.30 bits per heavy atom. The molecule has 1 N–H and O–H groups in total. The van der Waals surface area contributed by atoms with Crippen LogP contribution in [0.3, 0.4) is 0 Å². The predicted octanol–water partition coefficient (Wildman–Crippen LogP) is 3.92. The first-order valence-corrected chi connectivity index (χ1v) is 6.98. The van der Waals surface area contributed by atoms with E-state index in [0.29, 0.717) is 6.54 Å². The van der Waals surface area contributed by atoms with Gasteiger partial charge in [0.15, 0.2) is 0 Å². The van der Waals surface area contributed by atoms with Crippen LogP contribution < -0.4 is 5.32 Å². The molecule has 112 valence electrons. The van der Waals surface area contributed by atoms with Crippen LogP contribution in [0.4, 0.5) is 13.2 Å². The second kappa shape index (κ2) is 6.14. The summed E-state index contributed by atoms with van der Waals surface area (Å²) in [4.78, 5) is 0. The van der Waals surface area contributed by atoms with E-state index in [2.05, 4.69) is 5.32 Å². The normalized spacial score (nSPS) is 24.9. The van der Waals surface area contributed by atoms with Gasteiger partial charge in [-0.15, -0.1) is 0 Å². The lowest BCUT2D eigenvalue weighted by Gasteiger charge is -2.27. The number of alkyl halides is 3. The Labute approximate surface area is 117 Å². The number of hydrogen-bond donors (Lipinski definition) is 1. The molecule has 0 spiro atoms. The Bertz CT molecular complexity index is 447. The van der Waals surface area contributed by atoms with Gasteiger partial charge < -0.3 is 10.1 Å². The van der Waals surface area contributed by atoms with Crippen LogP contribution in [0.5, 0.6) is 0 Å². The van der Waals surface area contributed by atoms with Crippen LogP contribution in [0.25, 0.3) is 0 Å². The zero-order valence-corrected chi connectivity index (χ0v) is 11.7. The van der Waals surface area contributed by atoms with Crippen molar-refractivity contribution in [2.75, 3.05) is 6.54 Å². The molecule has 1 fully saturated rings. The standard InChI is InChI=1S/C15H20F3NO/c1-3-19-14(13-9-8-10(2)20-13)11-6-4-5-7-12(11)15(16,17)18/h4-7,10,13-14,19H,3,8-9H2,1-2H3. The molecule has 1 aromatic rings. The Balaban J connectivity index is 2.34. The number of halogens is 3. The average molecular weight is 287 g/mol. The molecule has 1 heterocycles. The SMILES string of the molecule is CCNC(c1ccccc1C(F)(F)F)C1CCC(C)O1. The van der Waals surface area contributed by atoms with E-state index in [4.69, 9.17) is 4.74 Å². The highest BCUT2D eigenvalue weighted by molar-refractivity contribution is 5.33. The molecule has 1 aliphatic rings. The largest absolute Gasteiger partial charge is 0.416 e. The van der Waals surface area contributed by atoms with E-state index in [1.165, 1.54) is 6.07 Å². The van der Waals surface area contributed by atoms with Crippen molar-refractivity contribution in [3.8, 4) is 0 Å².